The van der Waals surface area contributed by atoms with Crippen molar-refractivity contribution in [3.05, 3.63) is 53.9 Å². The molecule has 3 heterocycles. The maximum absolute atomic E-state index is 11.4. The van der Waals surface area contributed by atoms with Crippen LogP contribution in [0.3, 0.4) is 0 Å². The van der Waals surface area contributed by atoms with Crippen LogP contribution in [0.4, 0.5) is 4.79 Å². The molecule has 0 saturated carbocycles. The monoisotopic (exact) mass is 465 g/mol. The van der Waals surface area contributed by atoms with E-state index in [0.717, 1.165) is 34.5 Å². The minimum atomic E-state index is -1.93. The van der Waals surface area contributed by atoms with Crippen LogP contribution in [-0.2, 0) is 13.0 Å². The van der Waals surface area contributed by atoms with Crippen molar-refractivity contribution in [2.45, 2.75) is 71.1 Å². The van der Waals surface area contributed by atoms with Gasteiger partial charge in [-0.25, -0.2) is 9.78 Å². The van der Waals surface area contributed by atoms with Gasteiger partial charge >= 0.3 is 6.09 Å². The van der Waals surface area contributed by atoms with E-state index in [1.807, 2.05) is 24.4 Å². The molecule has 0 aliphatic carbocycles. The first-order valence-electron chi connectivity index (χ1n) is 11.9. The van der Waals surface area contributed by atoms with Crippen molar-refractivity contribution in [3.63, 3.8) is 0 Å². The quantitative estimate of drug-likeness (QED) is 0.403. The number of carboxylic acid groups (broad SMARTS) is 1. The van der Waals surface area contributed by atoms with Crippen LogP contribution in [0, 0.1) is 0 Å². The van der Waals surface area contributed by atoms with Crippen LogP contribution in [0.2, 0.25) is 16.6 Å². The molecule has 0 saturated heterocycles. The molecule has 176 valence electrons. The minimum absolute atomic E-state index is 0.398. The Morgan fingerprint density at radius 2 is 1.73 bits per heavy atom. The van der Waals surface area contributed by atoms with Crippen LogP contribution < -0.4 is 4.74 Å². The molecule has 1 aliphatic rings. The van der Waals surface area contributed by atoms with Gasteiger partial charge in [0.2, 0.25) is 0 Å². The summed E-state index contributed by atoms with van der Waals surface area (Å²) in [7, 11) is -1.93. The Hall–Kier alpha value is -2.80. The van der Waals surface area contributed by atoms with Crippen LogP contribution in [0.5, 0.6) is 11.5 Å². The molecule has 0 fully saturated rings. The first kappa shape index (κ1) is 23.4. The lowest BCUT2D eigenvalue weighted by Gasteiger charge is -2.44. The molecule has 6 nitrogen and oxygen atoms in total. The van der Waals surface area contributed by atoms with Gasteiger partial charge in [0.1, 0.15) is 17.1 Å². The molecule has 1 N–H and O–H groups in total. The fraction of sp³-hybridized carbons (Fsp3) is 0.462. The summed E-state index contributed by atoms with van der Waals surface area (Å²) < 4.78 is 8.85. The third-order valence-corrected chi connectivity index (χ3v) is 14.2. The number of amides is 1. The normalized spacial score (nSPS) is 14.4. The van der Waals surface area contributed by atoms with Crippen LogP contribution >= 0.6 is 0 Å². The molecule has 4 rings (SSSR count). The average molecular weight is 466 g/mol. The number of fused-ring (bicyclic) bond motifs is 2. The third-order valence-electron chi connectivity index (χ3n) is 7.43. The summed E-state index contributed by atoms with van der Waals surface area (Å²) in [5.74, 6) is 1.50. The van der Waals surface area contributed by atoms with E-state index in [4.69, 9.17) is 9.72 Å². The minimum Gasteiger partial charge on any atom is -0.465 e. The van der Waals surface area contributed by atoms with Gasteiger partial charge in [-0.05, 0) is 64.6 Å². The number of ether oxygens (including phenoxy) is 1. The molecular formula is C26H35N3O3Si. The molecule has 0 unspecified atom stereocenters. The van der Waals surface area contributed by atoms with Gasteiger partial charge < -0.3 is 19.0 Å². The zero-order valence-electron chi connectivity index (χ0n) is 20.5. The topological polar surface area (TPSA) is 67.6 Å². The highest BCUT2D eigenvalue weighted by Crippen LogP contribution is 2.45. The zero-order chi connectivity index (χ0) is 23.9. The second-order valence-electron chi connectivity index (χ2n) is 10.1. The van der Waals surface area contributed by atoms with Crippen molar-refractivity contribution in [2.75, 3.05) is 6.54 Å². The van der Waals surface area contributed by atoms with E-state index in [1.54, 1.807) is 0 Å². The predicted molar refractivity (Wildman–Crippen MR) is 135 cm³/mol. The van der Waals surface area contributed by atoms with Crippen molar-refractivity contribution < 1.29 is 14.6 Å². The van der Waals surface area contributed by atoms with E-state index in [1.165, 1.54) is 10.5 Å². The Morgan fingerprint density at radius 3 is 2.36 bits per heavy atom. The number of nitrogens with zero attached hydrogens (tertiary/aromatic N) is 3. The maximum Gasteiger partial charge on any atom is 0.407 e. The molecule has 7 heteroatoms. The number of benzene rings is 1. The van der Waals surface area contributed by atoms with Gasteiger partial charge in [0.25, 0.3) is 0 Å². The van der Waals surface area contributed by atoms with Gasteiger partial charge in [-0.3, -0.25) is 0 Å². The number of rotatable bonds is 6. The molecule has 0 atom stereocenters. The summed E-state index contributed by atoms with van der Waals surface area (Å²) in [5, 5.41) is 10.4. The summed E-state index contributed by atoms with van der Waals surface area (Å²) in [5.41, 5.74) is 4.89. The Labute approximate surface area is 197 Å². The molecule has 0 spiro atoms. The van der Waals surface area contributed by atoms with E-state index in [0.29, 0.717) is 29.7 Å². The van der Waals surface area contributed by atoms with E-state index in [9.17, 15) is 9.90 Å². The van der Waals surface area contributed by atoms with Crippen LogP contribution in [0.15, 0.2) is 42.7 Å². The van der Waals surface area contributed by atoms with Crippen molar-refractivity contribution in [1.82, 2.24) is 14.1 Å². The Morgan fingerprint density at radius 1 is 1.03 bits per heavy atom. The third kappa shape index (κ3) is 3.92. The van der Waals surface area contributed by atoms with Crippen molar-refractivity contribution >= 4 is 25.4 Å². The van der Waals surface area contributed by atoms with Gasteiger partial charge in [-0.2, -0.15) is 0 Å². The molecule has 0 bridgehead atoms. The van der Waals surface area contributed by atoms with E-state index >= 15 is 0 Å². The fourth-order valence-electron chi connectivity index (χ4n) is 6.14. The van der Waals surface area contributed by atoms with Crippen molar-refractivity contribution in [1.29, 1.82) is 0 Å². The zero-order valence-corrected chi connectivity index (χ0v) is 21.5. The first-order chi connectivity index (χ1) is 15.7. The lowest BCUT2D eigenvalue weighted by atomic mass is 10.00. The standard InChI is InChI=1S/C26H35N3O3Si/c1-17(2)33(18(3)4,19(5)6)29-14-11-23-24(9-12-27-25(23)29)32-22-8-7-20-10-13-28(26(30)31)16-21(20)15-22/h7-9,11-12,14-15,17-19H,10,13,16H2,1-6H3,(H,30,31). The number of pyridine rings is 1. The Bertz CT molecular complexity index is 1150. The van der Waals surface area contributed by atoms with Crippen LogP contribution in [0.25, 0.3) is 11.0 Å². The highest BCUT2D eigenvalue weighted by Gasteiger charge is 2.46. The lowest BCUT2D eigenvalue weighted by molar-refractivity contribution is 0.140. The van der Waals surface area contributed by atoms with Crippen molar-refractivity contribution in [2.24, 2.45) is 0 Å². The largest absolute Gasteiger partial charge is 0.465 e. The summed E-state index contributed by atoms with van der Waals surface area (Å²) in [6, 6.07) is 10.1. The van der Waals surface area contributed by atoms with E-state index < -0.39 is 14.3 Å². The predicted octanol–water partition coefficient (Wildman–Crippen LogP) is 6.89. The smallest absolute Gasteiger partial charge is 0.407 e. The second kappa shape index (κ2) is 8.86. The fourth-order valence-corrected chi connectivity index (χ4v) is 12.7. The van der Waals surface area contributed by atoms with E-state index in [-0.39, 0.29) is 0 Å². The second-order valence-corrected chi connectivity index (χ2v) is 15.8. The van der Waals surface area contributed by atoms with Gasteiger partial charge in [0, 0.05) is 19.3 Å². The Balaban J connectivity index is 1.73. The summed E-state index contributed by atoms with van der Waals surface area (Å²) >= 11 is 0. The molecular weight excluding hydrogens is 430 g/mol. The molecule has 1 aromatic carbocycles. The number of aromatic nitrogens is 2. The number of hydrogen-bond acceptors (Lipinski definition) is 3. The highest BCUT2D eigenvalue weighted by atomic mass is 28.3. The number of carbonyl (C=O) groups is 1. The summed E-state index contributed by atoms with van der Waals surface area (Å²) in [4.78, 5) is 17.7. The molecule has 0 radical (unpaired) electrons. The van der Waals surface area contributed by atoms with Crippen molar-refractivity contribution in [3.8, 4) is 11.5 Å². The average Bonchev–Trinajstić information content (AvgIpc) is 3.18. The van der Waals surface area contributed by atoms with E-state index in [2.05, 4.69) is 64.1 Å². The maximum atomic E-state index is 11.4. The molecule has 1 aliphatic heterocycles. The first-order valence-corrected chi connectivity index (χ1v) is 14.1. The Kier molecular flexibility index (Phi) is 6.27. The summed E-state index contributed by atoms with van der Waals surface area (Å²) in [6.45, 7) is 15.1. The molecule has 1 amide bonds. The lowest BCUT2D eigenvalue weighted by Crippen LogP contribution is -2.51. The van der Waals surface area contributed by atoms with Gasteiger partial charge in [-0.1, -0.05) is 47.6 Å². The molecule has 33 heavy (non-hydrogen) atoms. The molecule has 2 aromatic heterocycles. The van der Waals surface area contributed by atoms with Gasteiger partial charge in [0.05, 0.1) is 5.39 Å². The van der Waals surface area contributed by atoms with Gasteiger partial charge in [0.15, 0.2) is 8.24 Å². The van der Waals surface area contributed by atoms with Crippen LogP contribution in [-0.4, -0.2) is 40.1 Å². The molecule has 3 aromatic rings. The summed E-state index contributed by atoms with van der Waals surface area (Å²) in [6.07, 6.45) is 3.90. The number of hydrogen-bond donors (Lipinski definition) is 1. The highest BCUT2D eigenvalue weighted by molar-refractivity contribution is 6.82. The van der Waals surface area contributed by atoms with Gasteiger partial charge in [-0.15, -0.1) is 0 Å². The van der Waals surface area contributed by atoms with Crippen LogP contribution in [0.1, 0.15) is 52.7 Å². The SMILES string of the molecule is CC(C)[Si](C(C)C)(C(C)C)n1ccc2c(Oc3ccc4c(c3)CN(C(=O)O)CC4)ccnc21.